The van der Waals surface area contributed by atoms with Gasteiger partial charge in [0, 0.05) is 30.4 Å². The van der Waals surface area contributed by atoms with Crippen molar-refractivity contribution in [2.45, 2.75) is 78.1 Å². The minimum atomic E-state index is -0.772. The summed E-state index contributed by atoms with van der Waals surface area (Å²) >= 11 is 0. The molecule has 2 atom stereocenters. The van der Waals surface area contributed by atoms with Crippen molar-refractivity contribution in [2.24, 2.45) is 0 Å². The van der Waals surface area contributed by atoms with Gasteiger partial charge in [-0.05, 0) is 41.5 Å². The first kappa shape index (κ1) is 25.2. The first-order chi connectivity index (χ1) is 14.7. The molecule has 2 rings (SSSR count). The van der Waals surface area contributed by atoms with Crippen LogP contribution in [-0.4, -0.2) is 34.5 Å². The van der Waals surface area contributed by atoms with Crippen LogP contribution in [0.1, 0.15) is 81.8 Å². The van der Waals surface area contributed by atoms with Crippen LogP contribution in [0, 0.1) is 5.82 Å². The Hall–Kier alpha value is -2.08. The average molecular weight is 430 g/mol. The van der Waals surface area contributed by atoms with E-state index in [1.807, 2.05) is 13.0 Å². The van der Waals surface area contributed by atoms with Crippen molar-refractivity contribution >= 4 is 6.08 Å². The monoisotopic (exact) mass is 429 g/mol. The van der Waals surface area contributed by atoms with Gasteiger partial charge in [-0.1, -0.05) is 58.9 Å². The van der Waals surface area contributed by atoms with E-state index in [9.17, 15) is 14.6 Å². The summed E-state index contributed by atoms with van der Waals surface area (Å²) in [5, 5.41) is 20.3. The molecular formula is C26H36FNO3. The molecule has 0 aliphatic heterocycles. The number of nitrogens with zero attached hydrogens (tertiary/aromatic N) is 1. The molecule has 5 heteroatoms. The molecule has 0 aliphatic carbocycles. The van der Waals surface area contributed by atoms with Gasteiger partial charge in [-0.15, -0.1) is 0 Å². The van der Waals surface area contributed by atoms with Gasteiger partial charge >= 0.3 is 0 Å². The SMILES string of the molecule is CCC(O)CC(O)/C=C/c1c(C(C)C)nc(C(C)C)c(COC)c1-c1ccc(F)cc1. The number of rotatable bonds is 10. The highest BCUT2D eigenvalue weighted by Gasteiger charge is 2.23. The van der Waals surface area contributed by atoms with E-state index in [-0.39, 0.29) is 24.1 Å². The van der Waals surface area contributed by atoms with E-state index in [1.54, 1.807) is 25.3 Å². The number of aliphatic hydroxyl groups excluding tert-OH is 2. The Morgan fingerprint density at radius 2 is 1.65 bits per heavy atom. The molecule has 31 heavy (non-hydrogen) atoms. The van der Waals surface area contributed by atoms with Crippen molar-refractivity contribution in [3.63, 3.8) is 0 Å². The molecule has 1 aromatic heterocycles. The number of aliphatic hydroxyl groups is 2. The van der Waals surface area contributed by atoms with Gasteiger partial charge < -0.3 is 14.9 Å². The fourth-order valence-corrected chi connectivity index (χ4v) is 3.73. The predicted molar refractivity (Wildman–Crippen MR) is 124 cm³/mol. The van der Waals surface area contributed by atoms with E-state index >= 15 is 0 Å². The molecule has 2 aromatic rings. The summed E-state index contributed by atoms with van der Waals surface area (Å²) in [5.41, 5.74) is 5.57. The summed E-state index contributed by atoms with van der Waals surface area (Å²) in [6.07, 6.45) is 3.14. The normalized spacial score (nSPS) is 14.0. The number of hydrogen-bond donors (Lipinski definition) is 2. The maximum Gasteiger partial charge on any atom is 0.123 e. The van der Waals surface area contributed by atoms with E-state index in [2.05, 4.69) is 27.7 Å². The standard InChI is InChI=1S/C26H36FNO3/c1-7-20(29)14-21(30)12-13-22-24(18-8-10-19(27)11-9-18)23(15-31-6)26(17(4)5)28-25(22)16(2)3/h8-13,16-17,20-21,29-30H,7,14-15H2,1-6H3/b13-12+. The third-order valence-electron chi connectivity index (χ3n) is 5.38. The van der Waals surface area contributed by atoms with Crippen molar-refractivity contribution in [1.82, 2.24) is 4.98 Å². The zero-order valence-corrected chi connectivity index (χ0v) is 19.5. The highest BCUT2D eigenvalue weighted by Crippen LogP contribution is 2.37. The van der Waals surface area contributed by atoms with Crippen LogP contribution in [-0.2, 0) is 11.3 Å². The molecule has 1 heterocycles. The van der Waals surface area contributed by atoms with Crippen LogP contribution in [0.25, 0.3) is 17.2 Å². The van der Waals surface area contributed by atoms with Crippen molar-refractivity contribution in [3.8, 4) is 11.1 Å². The second-order valence-electron chi connectivity index (χ2n) is 8.62. The lowest BCUT2D eigenvalue weighted by Gasteiger charge is -2.23. The third kappa shape index (κ3) is 6.45. The number of methoxy groups -OCH3 is 1. The lowest BCUT2D eigenvalue weighted by Crippen LogP contribution is -2.15. The lowest BCUT2D eigenvalue weighted by molar-refractivity contribution is 0.102. The van der Waals surface area contributed by atoms with Gasteiger partial charge in [0.2, 0.25) is 0 Å². The zero-order chi connectivity index (χ0) is 23.1. The average Bonchev–Trinajstić information content (AvgIpc) is 2.72. The summed E-state index contributed by atoms with van der Waals surface area (Å²) in [7, 11) is 1.65. The number of aromatic nitrogens is 1. The Bertz CT molecular complexity index is 875. The minimum absolute atomic E-state index is 0.145. The maximum atomic E-state index is 13.7. The summed E-state index contributed by atoms with van der Waals surface area (Å²) in [6, 6.07) is 6.45. The van der Waals surface area contributed by atoms with Crippen LogP contribution in [0.15, 0.2) is 30.3 Å². The Balaban J connectivity index is 2.77. The maximum absolute atomic E-state index is 13.7. The van der Waals surface area contributed by atoms with Gasteiger partial charge in [0.1, 0.15) is 5.82 Å². The fourth-order valence-electron chi connectivity index (χ4n) is 3.73. The molecule has 0 radical (unpaired) electrons. The second kappa shape index (κ2) is 11.5. The number of benzene rings is 1. The van der Waals surface area contributed by atoms with Gasteiger partial charge in [0.05, 0.1) is 24.5 Å². The van der Waals surface area contributed by atoms with Gasteiger partial charge in [-0.3, -0.25) is 4.98 Å². The van der Waals surface area contributed by atoms with E-state index in [0.717, 1.165) is 33.6 Å². The van der Waals surface area contributed by atoms with E-state index in [0.29, 0.717) is 13.0 Å². The molecule has 170 valence electrons. The van der Waals surface area contributed by atoms with Gasteiger partial charge in [0.25, 0.3) is 0 Å². The van der Waals surface area contributed by atoms with E-state index in [1.165, 1.54) is 12.1 Å². The molecule has 2 N–H and O–H groups in total. The molecule has 4 nitrogen and oxygen atoms in total. The topological polar surface area (TPSA) is 62.6 Å². The first-order valence-electron chi connectivity index (χ1n) is 11.0. The second-order valence-corrected chi connectivity index (χ2v) is 8.62. The van der Waals surface area contributed by atoms with Crippen LogP contribution >= 0.6 is 0 Å². The largest absolute Gasteiger partial charge is 0.393 e. The number of pyridine rings is 1. The van der Waals surface area contributed by atoms with Crippen LogP contribution < -0.4 is 0 Å². The molecular weight excluding hydrogens is 393 g/mol. The van der Waals surface area contributed by atoms with Crippen LogP contribution in [0.5, 0.6) is 0 Å². The Morgan fingerprint density at radius 1 is 1.03 bits per heavy atom. The summed E-state index contributed by atoms with van der Waals surface area (Å²) in [5.74, 6) is 0.0387. The number of hydrogen-bond acceptors (Lipinski definition) is 4. The molecule has 0 bridgehead atoms. The molecule has 0 aliphatic rings. The van der Waals surface area contributed by atoms with Gasteiger partial charge in [0.15, 0.2) is 0 Å². The van der Waals surface area contributed by atoms with Crippen molar-refractivity contribution in [3.05, 3.63) is 58.7 Å². The molecule has 1 aromatic carbocycles. The van der Waals surface area contributed by atoms with E-state index < -0.39 is 12.2 Å². The Morgan fingerprint density at radius 3 is 2.16 bits per heavy atom. The van der Waals surface area contributed by atoms with Crippen molar-refractivity contribution in [2.75, 3.05) is 7.11 Å². The van der Waals surface area contributed by atoms with Crippen molar-refractivity contribution in [1.29, 1.82) is 0 Å². The van der Waals surface area contributed by atoms with Crippen LogP contribution in [0.4, 0.5) is 4.39 Å². The summed E-state index contributed by atoms with van der Waals surface area (Å²) in [6.45, 7) is 10.6. The first-order valence-corrected chi connectivity index (χ1v) is 11.0. The molecule has 0 amide bonds. The molecule has 0 fully saturated rings. The number of halogens is 1. The molecule has 0 spiro atoms. The fraction of sp³-hybridized carbons (Fsp3) is 0.500. The van der Waals surface area contributed by atoms with Crippen LogP contribution in [0.2, 0.25) is 0 Å². The predicted octanol–water partition coefficient (Wildman–Crippen LogP) is 5.82. The van der Waals surface area contributed by atoms with Crippen LogP contribution in [0.3, 0.4) is 0 Å². The van der Waals surface area contributed by atoms with Crippen molar-refractivity contribution < 1.29 is 19.3 Å². The lowest BCUT2D eigenvalue weighted by atomic mass is 9.87. The third-order valence-corrected chi connectivity index (χ3v) is 5.38. The highest BCUT2D eigenvalue weighted by molar-refractivity contribution is 5.80. The quantitative estimate of drug-likeness (QED) is 0.500. The molecule has 0 saturated heterocycles. The zero-order valence-electron chi connectivity index (χ0n) is 19.5. The minimum Gasteiger partial charge on any atom is -0.393 e. The molecule has 2 unspecified atom stereocenters. The van der Waals surface area contributed by atoms with Gasteiger partial charge in [-0.2, -0.15) is 0 Å². The molecule has 0 saturated carbocycles. The van der Waals surface area contributed by atoms with Gasteiger partial charge in [-0.25, -0.2) is 4.39 Å². The Kier molecular flexibility index (Phi) is 9.35. The summed E-state index contributed by atoms with van der Waals surface area (Å²) < 4.78 is 19.2. The Labute approximate surface area is 185 Å². The smallest absolute Gasteiger partial charge is 0.123 e. The number of ether oxygens (including phenoxy) is 1. The summed E-state index contributed by atoms with van der Waals surface area (Å²) in [4.78, 5) is 5.01. The van der Waals surface area contributed by atoms with E-state index in [4.69, 9.17) is 9.72 Å². The highest BCUT2D eigenvalue weighted by atomic mass is 19.1.